The number of nitrogens with one attached hydrogen (secondary N) is 1. The van der Waals surface area contributed by atoms with Gasteiger partial charge < -0.3 is 10.4 Å². The highest BCUT2D eigenvalue weighted by Crippen LogP contribution is 2.35. The second-order valence-corrected chi connectivity index (χ2v) is 7.15. The molecule has 0 aliphatic heterocycles. The standard InChI is InChI=1S/C18H24N4O2/c1-11-5-12(2)20-18(16(11)8-19)21-14-6-15(7-14)22(10-17(23)24)9-13-3-4-13/h5,13-15H,3-4,6-7,9-10H2,1-2H3,(H,20,21)(H,23,24). The molecule has 0 saturated heterocycles. The number of carboxylic acid groups (broad SMARTS) is 1. The average Bonchev–Trinajstić information content (AvgIpc) is 3.24. The number of hydrogen-bond acceptors (Lipinski definition) is 5. The summed E-state index contributed by atoms with van der Waals surface area (Å²) in [5.41, 5.74) is 2.43. The Hall–Kier alpha value is -2.13. The Labute approximate surface area is 142 Å². The first-order valence-corrected chi connectivity index (χ1v) is 8.57. The Morgan fingerprint density at radius 2 is 2.17 bits per heavy atom. The van der Waals surface area contributed by atoms with Gasteiger partial charge in [0.1, 0.15) is 11.9 Å². The molecule has 0 radical (unpaired) electrons. The molecule has 3 rings (SSSR count). The van der Waals surface area contributed by atoms with Crippen molar-refractivity contribution in [3.05, 3.63) is 22.9 Å². The number of hydrogen-bond donors (Lipinski definition) is 2. The van der Waals surface area contributed by atoms with E-state index in [1.165, 1.54) is 12.8 Å². The fourth-order valence-corrected chi connectivity index (χ4v) is 3.43. The molecule has 1 heterocycles. The van der Waals surface area contributed by atoms with Gasteiger partial charge in [0.2, 0.25) is 0 Å². The number of aryl methyl sites for hydroxylation is 2. The molecule has 128 valence electrons. The summed E-state index contributed by atoms with van der Waals surface area (Å²) < 4.78 is 0. The molecule has 2 aliphatic carbocycles. The molecule has 0 aromatic carbocycles. The highest BCUT2D eigenvalue weighted by Gasteiger charge is 2.37. The minimum absolute atomic E-state index is 0.124. The quantitative estimate of drug-likeness (QED) is 0.798. The molecule has 2 aliphatic rings. The van der Waals surface area contributed by atoms with Gasteiger partial charge >= 0.3 is 5.97 Å². The van der Waals surface area contributed by atoms with Gasteiger partial charge in [-0.25, -0.2) is 4.98 Å². The lowest BCUT2D eigenvalue weighted by atomic mass is 9.85. The van der Waals surface area contributed by atoms with Gasteiger partial charge in [-0.2, -0.15) is 5.26 Å². The summed E-state index contributed by atoms with van der Waals surface area (Å²) in [4.78, 5) is 17.7. The molecule has 6 heteroatoms. The molecule has 0 bridgehead atoms. The van der Waals surface area contributed by atoms with Gasteiger partial charge in [0.05, 0.1) is 12.1 Å². The van der Waals surface area contributed by atoms with Crippen molar-refractivity contribution in [1.82, 2.24) is 9.88 Å². The van der Waals surface area contributed by atoms with Crippen molar-refractivity contribution < 1.29 is 9.90 Å². The number of nitriles is 1. The van der Waals surface area contributed by atoms with Crippen LogP contribution >= 0.6 is 0 Å². The minimum Gasteiger partial charge on any atom is -0.480 e. The van der Waals surface area contributed by atoms with Crippen LogP contribution in [0.5, 0.6) is 0 Å². The monoisotopic (exact) mass is 328 g/mol. The van der Waals surface area contributed by atoms with E-state index in [1.807, 2.05) is 19.9 Å². The second-order valence-electron chi connectivity index (χ2n) is 7.15. The van der Waals surface area contributed by atoms with Crippen LogP contribution < -0.4 is 5.32 Å². The molecule has 0 spiro atoms. The first-order valence-electron chi connectivity index (χ1n) is 8.57. The Kier molecular flexibility index (Phi) is 4.72. The predicted molar refractivity (Wildman–Crippen MR) is 90.8 cm³/mol. The van der Waals surface area contributed by atoms with Crippen molar-refractivity contribution in [1.29, 1.82) is 5.26 Å². The van der Waals surface area contributed by atoms with Gasteiger partial charge in [-0.05, 0) is 57.1 Å². The first-order chi connectivity index (χ1) is 11.5. The van der Waals surface area contributed by atoms with Gasteiger partial charge in [0, 0.05) is 24.3 Å². The Balaban J connectivity index is 1.60. The van der Waals surface area contributed by atoms with Crippen LogP contribution in [0.4, 0.5) is 5.82 Å². The summed E-state index contributed by atoms with van der Waals surface area (Å²) in [5, 5.41) is 21.8. The van der Waals surface area contributed by atoms with Crippen molar-refractivity contribution in [3.63, 3.8) is 0 Å². The number of carboxylic acids is 1. The number of aromatic nitrogens is 1. The third-order valence-corrected chi connectivity index (χ3v) is 4.95. The van der Waals surface area contributed by atoms with E-state index >= 15 is 0 Å². The number of aliphatic carboxylic acids is 1. The summed E-state index contributed by atoms with van der Waals surface area (Å²) >= 11 is 0. The van der Waals surface area contributed by atoms with Crippen LogP contribution in [0.2, 0.25) is 0 Å². The lowest BCUT2D eigenvalue weighted by Crippen LogP contribution is -2.52. The van der Waals surface area contributed by atoms with E-state index in [-0.39, 0.29) is 12.6 Å². The molecule has 2 N–H and O–H groups in total. The SMILES string of the molecule is Cc1cc(C)c(C#N)c(NC2CC(N(CC(=O)O)CC3CC3)C2)n1. The Bertz CT molecular complexity index is 672. The molecular weight excluding hydrogens is 304 g/mol. The maximum Gasteiger partial charge on any atom is 0.317 e. The van der Waals surface area contributed by atoms with Crippen LogP contribution in [-0.4, -0.2) is 46.1 Å². The van der Waals surface area contributed by atoms with Crippen LogP contribution in [-0.2, 0) is 4.79 Å². The third-order valence-electron chi connectivity index (χ3n) is 4.95. The van der Waals surface area contributed by atoms with E-state index in [2.05, 4.69) is 21.3 Å². The maximum absolute atomic E-state index is 11.1. The molecular formula is C18H24N4O2. The van der Waals surface area contributed by atoms with E-state index in [0.717, 1.165) is 30.6 Å². The molecule has 6 nitrogen and oxygen atoms in total. The molecule has 0 atom stereocenters. The van der Waals surface area contributed by atoms with Crippen molar-refractivity contribution in [2.24, 2.45) is 5.92 Å². The molecule has 2 saturated carbocycles. The fraction of sp³-hybridized carbons (Fsp3) is 0.611. The van der Waals surface area contributed by atoms with Crippen LogP contribution in [0.3, 0.4) is 0 Å². The topological polar surface area (TPSA) is 89.2 Å². The summed E-state index contributed by atoms with van der Waals surface area (Å²) in [6.07, 6.45) is 4.25. The largest absolute Gasteiger partial charge is 0.480 e. The highest BCUT2D eigenvalue weighted by molar-refractivity contribution is 5.69. The number of carbonyl (C=O) groups is 1. The summed E-state index contributed by atoms with van der Waals surface area (Å²) in [7, 11) is 0. The van der Waals surface area contributed by atoms with Crippen molar-refractivity contribution >= 4 is 11.8 Å². The molecule has 24 heavy (non-hydrogen) atoms. The number of anilines is 1. The zero-order chi connectivity index (χ0) is 17.3. The van der Waals surface area contributed by atoms with Crippen molar-refractivity contribution in [3.8, 4) is 6.07 Å². The number of nitrogens with zero attached hydrogens (tertiary/aromatic N) is 3. The van der Waals surface area contributed by atoms with E-state index < -0.39 is 5.97 Å². The van der Waals surface area contributed by atoms with E-state index in [1.54, 1.807) is 0 Å². The smallest absolute Gasteiger partial charge is 0.317 e. The molecule has 1 aromatic heterocycles. The maximum atomic E-state index is 11.1. The average molecular weight is 328 g/mol. The Morgan fingerprint density at radius 3 is 2.75 bits per heavy atom. The molecule has 2 fully saturated rings. The number of pyridine rings is 1. The fourth-order valence-electron chi connectivity index (χ4n) is 3.43. The lowest BCUT2D eigenvalue weighted by molar-refractivity contribution is -0.139. The highest BCUT2D eigenvalue weighted by atomic mass is 16.4. The normalized spacial score (nSPS) is 22.8. The van der Waals surface area contributed by atoms with Crippen LogP contribution in [0.1, 0.15) is 42.5 Å². The Morgan fingerprint density at radius 1 is 1.46 bits per heavy atom. The van der Waals surface area contributed by atoms with Gasteiger partial charge in [-0.15, -0.1) is 0 Å². The van der Waals surface area contributed by atoms with Crippen LogP contribution in [0, 0.1) is 31.1 Å². The van der Waals surface area contributed by atoms with Crippen LogP contribution in [0.15, 0.2) is 6.07 Å². The lowest BCUT2D eigenvalue weighted by Gasteiger charge is -2.43. The van der Waals surface area contributed by atoms with Crippen molar-refractivity contribution in [2.75, 3.05) is 18.4 Å². The minimum atomic E-state index is -0.755. The molecule has 0 amide bonds. The van der Waals surface area contributed by atoms with E-state index in [0.29, 0.717) is 23.3 Å². The zero-order valence-corrected chi connectivity index (χ0v) is 14.2. The summed E-state index contributed by atoms with van der Waals surface area (Å²) in [5.74, 6) is 0.586. The number of rotatable bonds is 7. The molecule has 1 aromatic rings. The summed E-state index contributed by atoms with van der Waals surface area (Å²) in [6.45, 7) is 4.87. The molecule has 0 unspecified atom stereocenters. The van der Waals surface area contributed by atoms with Gasteiger partial charge in [-0.3, -0.25) is 9.69 Å². The summed E-state index contributed by atoms with van der Waals surface area (Å²) in [6, 6.07) is 4.71. The third kappa shape index (κ3) is 3.85. The van der Waals surface area contributed by atoms with Crippen LogP contribution in [0.25, 0.3) is 0 Å². The predicted octanol–water partition coefficient (Wildman–Crippen LogP) is 2.31. The van der Waals surface area contributed by atoms with Gasteiger partial charge in [0.15, 0.2) is 0 Å². The van der Waals surface area contributed by atoms with Gasteiger partial charge in [0.25, 0.3) is 0 Å². The zero-order valence-electron chi connectivity index (χ0n) is 14.2. The van der Waals surface area contributed by atoms with E-state index in [9.17, 15) is 10.1 Å². The van der Waals surface area contributed by atoms with Crippen molar-refractivity contribution in [2.45, 2.75) is 51.6 Å². The van der Waals surface area contributed by atoms with E-state index in [4.69, 9.17) is 5.11 Å². The first kappa shape index (κ1) is 16.7. The second kappa shape index (κ2) is 6.78. The van der Waals surface area contributed by atoms with Gasteiger partial charge in [-0.1, -0.05) is 0 Å².